The first kappa shape index (κ1) is 18.4. The standard InChI is InChI=1S/C19H17Cl2N3O2/c1-11(23-24-19(26)16-8-7-14(20)10-17(16)21)13-3-2-4-15(9-13)22-18(25)12-5-6-12/h2-4,7-10,12H,5-6H2,1H3,(H,22,25)(H,24,26). The molecule has 2 N–H and O–H groups in total. The van der Waals surface area contributed by atoms with Crippen LogP contribution >= 0.6 is 23.2 Å². The zero-order chi connectivity index (χ0) is 18.7. The van der Waals surface area contributed by atoms with Gasteiger partial charge in [0.25, 0.3) is 5.91 Å². The molecule has 0 spiro atoms. The smallest absolute Gasteiger partial charge is 0.272 e. The number of halogens is 2. The van der Waals surface area contributed by atoms with Crippen molar-refractivity contribution in [3.05, 3.63) is 63.6 Å². The fourth-order valence-corrected chi connectivity index (χ4v) is 2.84. The lowest BCUT2D eigenvalue weighted by Crippen LogP contribution is -2.20. The number of carbonyl (C=O) groups is 2. The largest absolute Gasteiger partial charge is 0.326 e. The molecule has 1 saturated carbocycles. The molecule has 0 atom stereocenters. The predicted molar refractivity (Wildman–Crippen MR) is 104 cm³/mol. The molecule has 2 aromatic rings. The van der Waals surface area contributed by atoms with E-state index in [-0.39, 0.29) is 22.4 Å². The molecule has 5 nitrogen and oxygen atoms in total. The molecule has 0 saturated heterocycles. The minimum Gasteiger partial charge on any atom is -0.326 e. The fraction of sp³-hybridized carbons (Fsp3) is 0.211. The van der Waals surface area contributed by atoms with Gasteiger partial charge < -0.3 is 5.32 Å². The molecule has 26 heavy (non-hydrogen) atoms. The summed E-state index contributed by atoms with van der Waals surface area (Å²) in [5.74, 6) is -0.247. The summed E-state index contributed by atoms with van der Waals surface area (Å²) < 4.78 is 0. The second-order valence-electron chi connectivity index (χ2n) is 6.11. The molecule has 0 radical (unpaired) electrons. The van der Waals surface area contributed by atoms with Crippen molar-refractivity contribution in [1.82, 2.24) is 5.43 Å². The highest BCUT2D eigenvalue weighted by Gasteiger charge is 2.29. The van der Waals surface area contributed by atoms with E-state index in [1.54, 1.807) is 19.1 Å². The average Bonchev–Trinajstić information content (AvgIpc) is 3.44. The average molecular weight is 390 g/mol. The van der Waals surface area contributed by atoms with Crippen molar-refractivity contribution < 1.29 is 9.59 Å². The fourth-order valence-electron chi connectivity index (χ4n) is 2.34. The van der Waals surface area contributed by atoms with Crippen LogP contribution in [0.4, 0.5) is 5.69 Å². The highest BCUT2D eigenvalue weighted by Crippen LogP contribution is 2.30. The zero-order valence-corrected chi connectivity index (χ0v) is 15.6. The van der Waals surface area contributed by atoms with E-state index in [9.17, 15) is 9.59 Å². The Morgan fingerprint density at radius 3 is 2.58 bits per heavy atom. The topological polar surface area (TPSA) is 70.6 Å². The first-order valence-corrected chi connectivity index (χ1v) is 8.90. The summed E-state index contributed by atoms with van der Waals surface area (Å²) in [7, 11) is 0. The molecule has 1 aliphatic carbocycles. The van der Waals surface area contributed by atoms with Crippen LogP contribution in [0.3, 0.4) is 0 Å². The van der Waals surface area contributed by atoms with Gasteiger partial charge in [-0.25, -0.2) is 5.43 Å². The lowest BCUT2D eigenvalue weighted by Gasteiger charge is -2.08. The van der Waals surface area contributed by atoms with Crippen LogP contribution in [-0.4, -0.2) is 17.5 Å². The lowest BCUT2D eigenvalue weighted by atomic mass is 10.1. The molecule has 0 aliphatic heterocycles. The zero-order valence-electron chi connectivity index (χ0n) is 14.1. The van der Waals surface area contributed by atoms with Crippen LogP contribution in [0.5, 0.6) is 0 Å². The normalized spacial score (nSPS) is 14.0. The molecular weight excluding hydrogens is 373 g/mol. The van der Waals surface area contributed by atoms with Crippen molar-refractivity contribution in [3.8, 4) is 0 Å². The number of benzene rings is 2. The molecule has 7 heteroatoms. The van der Waals surface area contributed by atoms with Crippen molar-refractivity contribution in [1.29, 1.82) is 0 Å². The summed E-state index contributed by atoms with van der Waals surface area (Å²) in [5.41, 5.74) is 4.87. The second kappa shape index (κ2) is 7.89. The molecule has 0 bridgehead atoms. The highest BCUT2D eigenvalue weighted by molar-refractivity contribution is 6.36. The number of amides is 2. The molecule has 3 rings (SSSR count). The van der Waals surface area contributed by atoms with Crippen LogP contribution in [0.25, 0.3) is 0 Å². The molecule has 2 aromatic carbocycles. The third kappa shape index (κ3) is 4.62. The van der Waals surface area contributed by atoms with Gasteiger partial charge in [-0.2, -0.15) is 5.10 Å². The van der Waals surface area contributed by atoms with Gasteiger partial charge in [0, 0.05) is 16.6 Å². The predicted octanol–water partition coefficient (Wildman–Crippen LogP) is 4.50. The molecule has 0 heterocycles. The molecule has 2 amide bonds. The number of hydrogen-bond acceptors (Lipinski definition) is 3. The van der Waals surface area contributed by atoms with E-state index in [0.717, 1.165) is 18.4 Å². The van der Waals surface area contributed by atoms with Crippen LogP contribution in [0.2, 0.25) is 10.0 Å². The number of hydrogen-bond donors (Lipinski definition) is 2. The lowest BCUT2D eigenvalue weighted by molar-refractivity contribution is -0.117. The minimum atomic E-state index is -0.427. The number of hydrazone groups is 1. The van der Waals surface area contributed by atoms with Crippen molar-refractivity contribution in [2.45, 2.75) is 19.8 Å². The summed E-state index contributed by atoms with van der Waals surface area (Å²) in [6.07, 6.45) is 1.90. The van der Waals surface area contributed by atoms with E-state index in [4.69, 9.17) is 23.2 Å². The van der Waals surface area contributed by atoms with Gasteiger partial charge in [0.05, 0.1) is 16.3 Å². The molecule has 1 aliphatic rings. The van der Waals surface area contributed by atoms with Gasteiger partial charge in [0.1, 0.15) is 0 Å². The molecule has 1 fully saturated rings. The van der Waals surface area contributed by atoms with E-state index < -0.39 is 5.91 Å². The van der Waals surface area contributed by atoms with E-state index in [2.05, 4.69) is 15.8 Å². The van der Waals surface area contributed by atoms with Crippen LogP contribution in [0, 0.1) is 5.92 Å². The number of anilines is 1. The van der Waals surface area contributed by atoms with Crippen LogP contribution in [-0.2, 0) is 4.79 Å². The quantitative estimate of drug-likeness (QED) is 0.583. The van der Waals surface area contributed by atoms with Gasteiger partial charge >= 0.3 is 0 Å². The highest BCUT2D eigenvalue weighted by atomic mass is 35.5. The maximum atomic E-state index is 12.2. The Morgan fingerprint density at radius 1 is 1.12 bits per heavy atom. The van der Waals surface area contributed by atoms with Gasteiger partial charge in [-0.15, -0.1) is 0 Å². The molecular formula is C19H17Cl2N3O2. The number of rotatable bonds is 5. The maximum absolute atomic E-state index is 12.2. The van der Waals surface area contributed by atoms with Crippen LogP contribution < -0.4 is 10.7 Å². The van der Waals surface area contributed by atoms with Gasteiger partial charge in [-0.3, -0.25) is 9.59 Å². The molecule has 0 unspecified atom stereocenters. The van der Waals surface area contributed by atoms with Gasteiger partial charge in [0.2, 0.25) is 5.91 Å². The molecule has 0 aromatic heterocycles. The van der Waals surface area contributed by atoms with Gasteiger partial charge in [0.15, 0.2) is 0 Å². The first-order chi connectivity index (χ1) is 12.4. The second-order valence-corrected chi connectivity index (χ2v) is 6.95. The summed E-state index contributed by atoms with van der Waals surface area (Å²) >= 11 is 11.9. The van der Waals surface area contributed by atoms with E-state index in [1.165, 1.54) is 6.07 Å². The molecule has 134 valence electrons. The van der Waals surface area contributed by atoms with Crippen LogP contribution in [0.15, 0.2) is 47.6 Å². The van der Waals surface area contributed by atoms with Gasteiger partial charge in [-0.05, 0) is 55.7 Å². The Kier molecular flexibility index (Phi) is 5.59. The number of nitrogens with one attached hydrogen (secondary N) is 2. The Morgan fingerprint density at radius 2 is 1.88 bits per heavy atom. The monoisotopic (exact) mass is 389 g/mol. The third-order valence-corrected chi connectivity index (χ3v) is 4.54. The summed E-state index contributed by atoms with van der Waals surface area (Å²) in [6, 6.07) is 12.0. The van der Waals surface area contributed by atoms with E-state index in [1.807, 2.05) is 24.3 Å². The summed E-state index contributed by atoms with van der Waals surface area (Å²) in [5, 5.41) is 7.72. The first-order valence-electron chi connectivity index (χ1n) is 8.15. The van der Waals surface area contributed by atoms with E-state index in [0.29, 0.717) is 16.4 Å². The Labute approximate surface area is 161 Å². The maximum Gasteiger partial charge on any atom is 0.272 e. The Balaban J connectivity index is 1.68. The summed E-state index contributed by atoms with van der Waals surface area (Å²) in [6.45, 7) is 1.77. The SMILES string of the molecule is CC(=NNC(=O)c1ccc(Cl)cc1Cl)c1cccc(NC(=O)C2CC2)c1. The van der Waals surface area contributed by atoms with Gasteiger partial charge in [-0.1, -0.05) is 35.3 Å². The van der Waals surface area contributed by atoms with Crippen molar-refractivity contribution in [2.24, 2.45) is 11.0 Å². The third-order valence-electron chi connectivity index (χ3n) is 4.00. The summed E-state index contributed by atoms with van der Waals surface area (Å²) in [4.78, 5) is 24.1. The van der Waals surface area contributed by atoms with Crippen molar-refractivity contribution >= 4 is 46.4 Å². The van der Waals surface area contributed by atoms with E-state index >= 15 is 0 Å². The van der Waals surface area contributed by atoms with Crippen LogP contribution in [0.1, 0.15) is 35.7 Å². The van der Waals surface area contributed by atoms with Crippen molar-refractivity contribution in [2.75, 3.05) is 5.32 Å². The minimum absolute atomic E-state index is 0.0439. The van der Waals surface area contributed by atoms with Crippen molar-refractivity contribution in [3.63, 3.8) is 0 Å². The Bertz CT molecular complexity index is 892. The number of nitrogens with zero attached hydrogens (tertiary/aromatic N) is 1. The Hall–Kier alpha value is -2.37. The number of carbonyl (C=O) groups excluding carboxylic acids is 2.